The van der Waals surface area contributed by atoms with E-state index in [1.807, 2.05) is 47.6 Å². The molecule has 13 atom stereocenters. The van der Waals surface area contributed by atoms with Crippen LogP contribution in [0.15, 0.2) is 12.2 Å². The van der Waals surface area contributed by atoms with Crippen molar-refractivity contribution in [1.29, 1.82) is 0 Å². The summed E-state index contributed by atoms with van der Waals surface area (Å²) in [5, 5.41) is 22.1. The third kappa shape index (κ3) is 27.0. The van der Waals surface area contributed by atoms with Crippen LogP contribution in [-0.2, 0) is 71.7 Å². The van der Waals surface area contributed by atoms with Gasteiger partial charge in [-0.3, -0.25) is 57.6 Å². The lowest BCUT2D eigenvalue weighted by atomic mass is 9.91. The maximum atomic E-state index is 15.5. The topological polar surface area (TPSA) is 319 Å². The number of nitrogens with one attached hydrogen (secondary N) is 4. The van der Waals surface area contributed by atoms with Crippen molar-refractivity contribution >= 4 is 76.7 Å². The Morgan fingerprint density at radius 3 is 1.55 bits per heavy atom. The van der Waals surface area contributed by atoms with Gasteiger partial charge in [-0.25, -0.2) is 0 Å². The largest absolute Gasteiger partial charge is 0.390 e. The van der Waals surface area contributed by atoms with Gasteiger partial charge in [0, 0.05) is 69.5 Å². The molecule has 0 aromatic rings. The van der Waals surface area contributed by atoms with Crippen molar-refractivity contribution in [3.05, 3.63) is 12.2 Å². The Morgan fingerprint density at radius 2 is 1.02 bits per heavy atom. The van der Waals surface area contributed by atoms with Crippen molar-refractivity contribution in [3.63, 3.8) is 0 Å². The lowest BCUT2D eigenvalue weighted by molar-refractivity contribution is -0.157. The quantitative estimate of drug-likeness (QED) is 0.0614. The normalized spacial score (nSPS) is 26.5. The third-order valence-electron chi connectivity index (χ3n) is 18.6. The average molecular weight is 1440 g/mol. The highest BCUT2D eigenvalue weighted by atomic mass is 32.2. The highest BCUT2D eigenvalue weighted by molar-refractivity contribution is 8.00. The number of ether oxygens (including phenoxy) is 4. The van der Waals surface area contributed by atoms with Crippen molar-refractivity contribution in [2.75, 3.05) is 128 Å². The molecule has 0 saturated carbocycles. The van der Waals surface area contributed by atoms with Gasteiger partial charge in [-0.2, -0.15) is 0 Å². The summed E-state index contributed by atoms with van der Waals surface area (Å²) in [5.74, 6) is -9.94. The number of allylic oxidation sites excluding steroid dienone is 2. The van der Waals surface area contributed by atoms with E-state index in [2.05, 4.69) is 26.2 Å². The number of rotatable bonds is 26. The van der Waals surface area contributed by atoms with E-state index in [0.717, 1.165) is 21.6 Å². The van der Waals surface area contributed by atoms with Gasteiger partial charge in [-0.15, -0.1) is 11.8 Å². The van der Waals surface area contributed by atoms with E-state index < -0.39 is 161 Å². The number of hydrogen-bond donors (Lipinski definition) is 5. The highest BCUT2D eigenvalue weighted by Gasteiger charge is 2.46. The van der Waals surface area contributed by atoms with Crippen LogP contribution < -0.4 is 21.3 Å². The van der Waals surface area contributed by atoms with Crippen LogP contribution in [-0.4, -0.2) is 309 Å². The Kier molecular flexibility index (Phi) is 40.1. The molecule has 0 aromatic carbocycles. The van der Waals surface area contributed by atoms with Crippen LogP contribution in [0.25, 0.3) is 0 Å². The van der Waals surface area contributed by atoms with Gasteiger partial charge in [0.25, 0.3) is 5.91 Å². The molecule has 5 N–H and O–H groups in total. The third-order valence-corrected chi connectivity index (χ3v) is 19.9. The number of methoxy groups -OCH3 is 1. The summed E-state index contributed by atoms with van der Waals surface area (Å²) < 4.78 is 22.4. The van der Waals surface area contributed by atoms with Gasteiger partial charge in [0.1, 0.15) is 60.4 Å². The zero-order chi connectivity index (χ0) is 76.2. The summed E-state index contributed by atoms with van der Waals surface area (Å²) in [6, 6.07) is -13.1. The summed E-state index contributed by atoms with van der Waals surface area (Å²) in [5.41, 5.74) is 0. The minimum absolute atomic E-state index is 0.0247. The minimum atomic E-state index is -1.67. The van der Waals surface area contributed by atoms with Crippen molar-refractivity contribution in [2.45, 2.75) is 214 Å². The van der Waals surface area contributed by atoms with Gasteiger partial charge in [0.2, 0.25) is 59.1 Å². The van der Waals surface area contributed by atoms with E-state index >= 15 is 33.6 Å². The Morgan fingerprint density at radius 1 is 0.530 bits per heavy atom. The van der Waals surface area contributed by atoms with Crippen LogP contribution in [0.5, 0.6) is 0 Å². The maximum Gasteiger partial charge on any atom is 0.256 e. The fourth-order valence-corrected chi connectivity index (χ4v) is 13.4. The number of likely N-dealkylation sites (N-methyl/N-ethyl adjacent to an activating group) is 7. The first-order valence-electron chi connectivity index (χ1n) is 35.8. The van der Waals surface area contributed by atoms with Crippen molar-refractivity contribution < 1.29 is 76.8 Å². The molecule has 28 nitrogen and oxygen atoms in total. The number of morpholine rings is 1. The van der Waals surface area contributed by atoms with Crippen molar-refractivity contribution in [2.24, 2.45) is 35.5 Å². The summed E-state index contributed by atoms with van der Waals surface area (Å²) >= 11 is 1.15. The molecule has 2 saturated heterocycles. The van der Waals surface area contributed by atoms with Gasteiger partial charge in [-0.1, -0.05) is 95.2 Å². The Labute approximate surface area is 601 Å². The molecule has 2 rings (SSSR count). The van der Waals surface area contributed by atoms with Crippen molar-refractivity contribution in [3.8, 4) is 0 Å². The van der Waals surface area contributed by atoms with E-state index in [9.17, 15) is 24.3 Å². The van der Waals surface area contributed by atoms with E-state index in [1.54, 1.807) is 54.5 Å². The molecule has 0 aliphatic carbocycles. The summed E-state index contributed by atoms with van der Waals surface area (Å²) in [7, 11) is 11.5. The maximum absolute atomic E-state index is 15.5. The second kappa shape index (κ2) is 44.5. The van der Waals surface area contributed by atoms with Gasteiger partial charge >= 0.3 is 0 Å². The van der Waals surface area contributed by atoms with Gasteiger partial charge in [-0.05, 0) is 107 Å². The molecule has 2 aliphatic rings. The van der Waals surface area contributed by atoms with Crippen LogP contribution >= 0.6 is 11.8 Å². The number of aliphatic hydroxyl groups is 1. The molecule has 2 aliphatic heterocycles. The smallest absolute Gasteiger partial charge is 0.256 e. The van der Waals surface area contributed by atoms with Gasteiger partial charge in [0.15, 0.2) is 5.37 Å². The summed E-state index contributed by atoms with van der Waals surface area (Å²) in [6.07, 6.45) is 3.26. The molecule has 0 radical (unpaired) electrons. The molecule has 2 heterocycles. The van der Waals surface area contributed by atoms with Crippen LogP contribution in [0.3, 0.4) is 0 Å². The fourth-order valence-electron chi connectivity index (χ4n) is 12.2. The SMILES string of the molecule is C/C=C/C[C@@H](C)[C@@H](O)[C@H]1C(=O)N[C@@H](CC)C(=O)N(C)[C@H](SCCCN2CCOCC2)C(=O)N(C)[C@@H](COCCOCCOC)C(=O)N[C@@H](C(C)C)C(=O)N(C)[C@@H](CC(C)C)C(=O)N[C@@H](C)C(=O)N[C@H](C)C(=O)N(C)[C@@H](CC(C)C)C(=O)N(C)[C@@H](CC(C)C)C(=O)N(C)[C@@H](C(C)C)C(=O)N1C. The molecule has 0 bridgehead atoms. The van der Waals surface area contributed by atoms with Gasteiger partial charge in [0.05, 0.1) is 52.4 Å². The second-order valence-electron chi connectivity index (χ2n) is 28.9. The molecule has 0 unspecified atom stereocenters. The molecular weight excluding hydrogens is 1310 g/mol. The Balaban J connectivity index is 3.13. The fraction of sp³-hybridized carbons (Fsp3) is 0.817. The standard InChI is InChI=1S/C71H128N12O16S/c1-24-26-28-48(13)59(84)58-63(88)74-51(25-2)65(90)82(22)71(100-38-27-29-83-30-32-97-33-31-83)70(95)79(19)55(42-99-37-36-98-35-34-96-23)62(87)75-56(46(9)10)68(93)76(16)52(39-43(3)4)61(86)72-49(14)60(85)73-50(15)64(89)77(17)53(40-44(5)6)66(91)78(18)54(41-45(7)8)67(92)80(20)57(47(11)12)69(94)81(58)21/h24,26,43-59,71,84H,25,27-42H2,1-23H3,(H,72,86)(H,73,85)(H,74,88)(H,75,87)/b26-24+/t48-,49+,50-,51+,52+,53+,54+,55+,56+,57+,58+,59-,71-/m1/s1. The number of aliphatic hydroxyl groups excluding tert-OH is 1. The number of hydrogen-bond acceptors (Lipinski definition) is 18. The first-order valence-corrected chi connectivity index (χ1v) is 36.8. The molecule has 574 valence electrons. The van der Waals surface area contributed by atoms with E-state index in [0.29, 0.717) is 51.6 Å². The molecule has 0 aromatic heterocycles. The zero-order valence-corrected chi connectivity index (χ0v) is 65.4. The first kappa shape index (κ1) is 90.1. The predicted octanol–water partition coefficient (Wildman–Crippen LogP) is 2.68. The number of carbonyl (C=O) groups excluding carboxylic acids is 11. The molecular formula is C71H128N12O16S. The molecule has 0 spiro atoms. The molecule has 100 heavy (non-hydrogen) atoms. The lowest BCUT2D eigenvalue weighted by Crippen LogP contribution is -2.64. The summed E-state index contributed by atoms with van der Waals surface area (Å²) in [4.78, 5) is 176. The van der Waals surface area contributed by atoms with Crippen molar-refractivity contribution in [1.82, 2.24) is 60.5 Å². The second-order valence-corrected chi connectivity index (χ2v) is 30.1. The first-order chi connectivity index (χ1) is 46.8. The Hall–Kier alpha value is -5.98. The molecule has 2 fully saturated rings. The van der Waals surface area contributed by atoms with E-state index in [4.69, 9.17) is 18.9 Å². The minimum Gasteiger partial charge on any atom is -0.390 e. The average Bonchev–Trinajstić information content (AvgIpc) is 0.871. The van der Waals surface area contributed by atoms with E-state index in [1.165, 1.54) is 94.8 Å². The summed E-state index contributed by atoms with van der Waals surface area (Å²) in [6.45, 7) is 29.5. The van der Waals surface area contributed by atoms with E-state index in [-0.39, 0.29) is 69.7 Å². The number of amides is 11. The van der Waals surface area contributed by atoms with Crippen LogP contribution in [0.1, 0.15) is 142 Å². The molecule has 29 heteroatoms. The van der Waals surface area contributed by atoms with Crippen LogP contribution in [0.4, 0.5) is 0 Å². The van der Waals surface area contributed by atoms with Crippen LogP contribution in [0, 0.1) is 35.5 Å². The predicted molar refractivity (Wildman–Crippen MR) is 386 cm³/mol. The number of thioether (sulfide) groups is 1. The van der Waals surface area contributed by atoms with Crippen LogP contribution in [0.2, 0.25) is 0 Å². The zero-order valence-electron chi connectivity index (χ0n) is 64.6. The molecule has 11 amide bonds. The highest BCUT2D eigenvalue weighted by Crippen LogP contribution is 2.27. The number of nitrogens with zero attached hydrogens (tertiary/aromatic N) is 8. The lowest BCUT2D eigenvalue weighted by Gasteiger charge is -2.41. The Bertz CT molecular complexity index is 2660. The monoisotopic (exact) mass is 1440 g/mol. The van der Waals surface area contributed by atoms with Gasteiger partial charge < -0.3 is 79.6 Å². The number of carbonyl (C=O) groups is 11.